The molecule has 0 aliphatic carbocycles. The van der Waals surface area contributed by atoms with Crippen LogP contribution in [-0.4, -0.2) is 52.9 Å². The molecule has 3 N–H and O–H groups in total. The minimum atomic E-state index is 0.150. The van der Waals surface area contributed by atoms with Gasteiger partial charge in [-0.25, -0.2) is 0 Å². The molecular weight excluding hydrogens is 276 g/mol. The molecule has 0 radical (unpaired) electrons. The van der Waals surface area contributed by atoms with Gasteiger partial charge in [0.2, 0.25) is 0 Å². The Balaban J connectivity index is 1.88. The summed E-state index contributed by atoms with van der Waals surface area (Å²) in [6, 6.07) is 8.45. The van der Waals surface area contributed by atoms with Gasteiger partial charge in [-0.2, -0.15) is 0 Å². The van der Waals surface area contributed by atoms with Crippen molar-refractivity contribution < 1.29 is 10.2 Å². The summed E-state index contributed by atoms with van der Waals surface area (Å²) >= 11 is 0. The Labute approximate surface area is 132 Å². The van der Waals surface area contributed by atoms with Gasteiger partial charge < -0.3 is 20.1 Å². The van der Waals surface area contributed by atoms with Gasteiger partial charge in [0.15, 0.2) is 0 Å². The van der Waals surface area contributed by atoms with Crippen LogP contribution in [0.15, 0.2) is 30.5 Å². The molecule has 1 atom stereocenters. The zero-order valence-corrected chi connectivity index (χ0v) is 13.5. The molecule has 1 aromatic heterocycles. The van der Waals surface area contributed by atoms with E-state index in [1.165, 1.54) is 10.9 Å². The van der Waals surface area contributed by atoms with Crippen LogP contribution in [0.3, 0.4) is 0 Å². The maximum absolute atomic E-state index is 9.72. The standard InChI is InChI=1S/C18H28N2O2/c1-20(10-6-2-3-7-11-21)16(14-22)12-15-13-19-18-9-5-4-8-17(15)18/h4-5,8-9,13,16,19,21-22H,2-3,6-7,10-12,14H2,1H3. The van der Waals surface area contributed by atoms with Crippen LogP contribution < -0.4 is 0 Å². The molecule has 4 nitrogen and oxygen atoms in total. The Hall–Kier alpha value is -1.36. The average Bonchev–Trinajstić information content (AvgIpc) is 2.95. The smallest absolute Gasteiger partial charge is 0.0590 e. The quantitative estimate of drug-likeness (QED) is 0.591. The first-order chi connectivity index (χ1) is 10.8. The number of aromatic nitrogens is 1. The number of hydrogen-bond donors (Lipinski definition) is 3. The Morgan fingerprint density at radius 1 is 1.09 bits per heavy atom. The van der Waals surface area contributed by atoms with Crippen molar-refractivity contribution in [1.29, 1.82) is 0 Å². The zero-order chi connectivity index (χ0) is 15.8. The van der Waals surface area contributed by atoms with E-state index in [0.717, 1.165) is 44.2 Å². The van der Waals surface area contributed by atoms with E-state index in [1.54, 1.807) is 0 Å². The number of aliphatic hydroxyl groups is 2. The number of likely N-dealkylation sites (N-methyl/N-ethyl adjacent to an activating group) is 1. The van der Waals surface area contributed by atoms with Crippen LogP contribution in [0.1, 0.15) is 31.2 Å². The highest BCUT2D eigenvalue weighted by molar-refractivity contribution is 5.83. The van der Waals surface area contributed by atoms with E-state index in [-0.39, 0.29) is 19.3 Å². The maximum atomic E-state index is 9.72. The lowest BCUT2D eigenvalue weighted by Crippen LogP contribution is -2.37. The third-order valence-corrected chi connectivity index (χ3v) is 4.38. The highest BCUT2D eigenvalue weighted by Gasteiger charge is 2.16. The zero-order valence-electron chi connectivity index (χ0n) is 13.5. The van der Waals surface area contributed by atoms with Crippen molar-refractivity contribution in [2.24, 2.45) is 0 Å². The first-order valence-electron chi connectivity index (χ1n) is 8.23. The molecule has 1 heterocycles. The van der Waals surface area contributed by atoms with Gasteiger partial charge in [0.25, 0.3) is 0 Å². The van der Waals surface area contributed by atoms with Crippen LogP contribution in [0.25, 0.3) is 10.9 Å². The largest absolute Gasteiger partial charge is 0.396 e. The van der Waals surface area contributed by atoms with E-state index in [0.29, 0.717) is 0 Å². The Morgan fingerprint density at radius 2 is 1.86 bits per heavy atom. The maximum Gasteiger partial charge on any atom is 0.0590 e. The molecule has 0 spiro atoms. The monoisotopic (exact) mass is 304 g/mol. The number of nitrogens with zero attached hydrogens (tertiary/aromatic N) is 1. The van der Waals surface area contributed by atoms with Gasteiger partial charge in [-0.1, -0.05) is 31.0 Å². The summed E-state index contributed by atoms with van der Waals surface area (Å²) in [4.78, 5) is 5.55. The second kappa shape index (κ2) is 8.93. The fourth-order valence-electron chi connectivity index (χ4n) is 2.92. The fourth-order valence-corrected chi connectivity index (χ4v) is 2.92. The Bertz CT molecular complexity index is 553. The topological polar surface area (TPSA) is 59.5 Å². The number of nitrogens with one attached hydrogen (secondary N) is 1. The lowest BCUT2D eigenvalue weighted by Gasteiger charge is -2.26. The van der Waals surface area contributed by atoms with E-state index < -0.39 is 0 Å². The van der Waals surface area contributed by atoms with Crippen LogP contribution in [-0.2, 0) is 6.42 Å². The molecule has 0 saturated carbocycles. The fraction of sp³-hybridized carbons (Fsp3) is 0.556. The summed E-state index contributed by atoms with van der Waals surface area (Å²) in [7, 11) is 2.09. The molecule has 2 aromatic rings. The van der Waals surface area contributed by atoms with Gasteiger partial charge in [-0.05, 0) is 44.5 Å². The van der Waals surface area contributed by atoms with Crippen molar-refractivity contribution in [2.45, 2.75) is 38.1 Å². The number of rotatable bonds is 10. The number of aliphatic hydroxyl groups excluding tert-OH is 2. The summed E-state index contributed by atoms with van der Waals surface area (Å²) in [5, 5.41) is 19.8. The SMILES string of the molecule is CN(CCCCCCO)C(CO)Cc1c[nH]c2ccccc12. The molecule has 0 fully saturated rings. The molecule has 0 bridgehead atoms. The van der Waals surface area contributed by atoms with Gasteiger partial charge in [0, 0.05) is 29.7 Å². The number of para-hydroxylation sites is 1. The molecule has 4 heteroatoms. The molecule has 0 amide bonds. The van der Waals surface area contributed by atoms with Gasteiger partial charge in [0.05, 0.1) is 6.61 Å². The van der Waals surface area contributed by atoms with E-state index >= 15 is 0 Å². The number of unbranched alkanes of at least 4 members (excludes halogenated alkanes) is 3. The number of fused-ring (bicyclic) bond motifs is 1. The van der Waals surface area contributed by atoms with E-state index in [2.05, 4.69) is 41.3 Å². The summed E-state index contributed by atoms with van der Waals surface area (Å²) in [5.41, 5.74) is 2.42. The van der Waals surface area contributed by atoms with Gasteiger partial charge in [0.1, 0.15) is 0 Å². The predicted octanol–water partition coefficient (Wildman–Crippen LogP) is 2.56. The summed E-state index contributed by atoms with van der Waals surface area (Å²) < 4.78 is 0. The minimum absolute atomic E-state index is 0.150. The second-order valence-corrected chi connectivity index (χ2v) is 6.02. The Morgan fingerprint density at radius 3 is 2.64 bits per heavy atom. The molecule has 0 aliphatic rings. The number of aromatic amines is 1. The number of benzene rings is 1. The van der Waals surface area contributed by atoms with E-state index in [1.807, 2.05) is 6.07 Å². The normalized spacial score (nSPS) is 13.1. The van der Waals surface area contributed by atoms with Gasteiger partial charge >= 0.3 is 0 Å². The highest BCUT2D eigenvalue weighted by atomic mass is 16.3. The number of H-pyrrole nitrogens is 1. The summed E-state index contributed by atoms with van der Waals surface area (Å²) in [6.07, 6.45) is 7.13. The first-order valence-corrected chi connectivity index (χ1v) is 8.23. The second-order valence-electron chi connectivity index (χ2n) is 6.02. The van der Waals surface area contributed by atoms with Crippen molar-refractivity contribution in [3.05, 3.63) is 36.0 Å². The van der Waals surface area contributed by atoms with Gasteiger partial charge in [-0.3, -0.25) is 0 Å². The number of hydrogen-bond acceptors (Lipinski definition) is 3. The summed E-state index contributed by atoms with van der Waals surface area (Å²) in [6.45, 7) is 1.45. The minimum Gasteiger partial charge on any atom is -0.396 e. The van der Waals surface area contributed by atoms with Crippen molar-refractivity contribution in [2.75, 3.05) is 26.8 Å². The molecule has 2 rings (SSSR count). The lowest BCUT2D eigenvalue weighted by molar-refractivity contribution is 0.144. The van der Waals surface area contributed by atoms with E-state index in [4.69, 9.17) is 5.11 Å². The molecule has 0 saturated heterocycles. The average molecular weight is 304 g/mol. The third kappa shape index (κ3) is 4.57. The molecule has 22 heavy (non-hydrogen) atoms. The van der Waals surface area contributed by atoms with Crippen molar-refractivity contribution in [3.8, 4) is 0 Å². The molecular formula is C18H28N2O2. The molecule has 0 aliphatic heterocycles. The van der Waals surface area contributed by atoms with Crippen LogP contribution in [0, 0.1) is 0 Å². The van der Waals surface area contributed by atoms with E-state index in [9.17, 15) is 5.11 Å². The predicted molar refractivity (Wildman–Crippen MR) is 91.1 cm³/mol. The van der Waals surface area contributed by atoms with Crippen molar-refractivity contribution in [3.63, 3.8) is 0 Å². The van der Waals surface area contributed by atoms with Crippen LogP contribution in [0.4, 0.5) is 0 Å². The summed E-state index contributed by atoms with van der Waals surface area (Å²) in [5.74, 6) is 0. The molecule has 1 aromatic carbocycles. The van der Waals surface area contributed by atoms with Crippen LogP contribution >= 0.6 is 0 Å². The van der Waals surface area contributed by atoms with Gasteiger partial charge in [-0.15, -0.1) is 0 Å². The van der Waals surface area contributed by atoms with Crippen molar-refractivity contribution >= 4 is 10.9 Å². The highest BCUT2D eigenvalue weighted by Crippen LogP contribution is 2.20. The van der Waals surface area contributed by atoms with Crippen LogP contribution in [0.5, 0.6) is 0 Å². The Kier molecular flexibility index (Phi) is 6.90. The molecule has 122 valence electrons. The lowest BCUT2D eigenvalue weighted by atomic mass is 10.0. The van der Waals surface area contributed by atoms with Crippen molar-refractivity contribution in [1.82, 2.24) is 9.88 Å². The van der Waals surface area contributed by atoms with Crippen LogP contribution in [0.2, 0.25) is 0 Å². The first kappa shape index (κ1) is 17.0. The third-order valence-electron chi connectivity index (χ3n) is 4.38. The molecule has 1 unspecified atom stereocenters.